The Kier molecular flexibility index (Phi) is 5.51. The Labute approximate surface area is 192 Å². The number of fused-ring (bicyclic) bond motifs is 1. The summed E-state index contributed by atoms with van der Waals surface area (Å²) in [6, 6.07) is 21.8. The maximum Gasteiger partial charge on any atom is 0.255 e. The Morgan fingerprint density at radius 2 is 1.76 bits per heavy atom. The predicted molar refractivity (Wildman–Crippen MR) is 130 cm³/mol. The molecule has 0 bridgehead atoms. The van der Waals surface area contributed by atoms with Crippen LogP contribution in [0.15, 0.2) is 79.0 Å². The Bertz CT molecular complexity index is 1440. The third-order valence-corrected chi connectivity index (χ3v) is 7.50. The van der Waals surface area contributed by atoms with Crippen LogP contribution in [0.25, 0.3) is 22.3 Å². The van der Waals surface area contributed by atoms with Gasteiger partial charge in [0.15, 0.2) is 5.82 Å². The highest BCUT2D eigenvalue weighted by atomic mass is 32.2. The van der Waals surface area contributed by atoms with Crippen molar-refractivity contribution >= 4 is 38.2 Å². The quantitative estimate of drug-likeness (QED) is 0.487. The van der Waals surface area contributed by atoms with Gasteiger partial charge in [-0.15, -0.1) is 0 Å². The van der Waals surface area contributed by atoms with Gasteiger partial charge < -0.3 is 5.32 Å². The molecule has 1 aliphatic rings. The third-order valence-electron chi connectivity index (χ3n) is 5.63. The van der Waals surface area contributed by atoms with E-state index >= 15 is 0 Å². The van der Waals surface area contributed by atoms with Crippen LogP contribution in [0.5, 0.6) is 0 Å². The van der Waals surface area contributed by atoms with Gasteiger partial charge in [0.25, 0.3) is 5.91 Å². The van der Waals surface area contributed by atoms with E-state index in [1.807, 2.05) is 42.5 Å². The normalized spacial score (nSPS) is 15.3. The second kappa shape index (κ2) is 8.63. The van der Waals surface area contributed by atoms with Crippen molar-refractivity contribution in [3.8, 4) is 11.4 Å². The first-order valence-corrected chi connectivity index (χ1v) is 12.3. The average Bonchev–Trinajstić information content (AvgIpc) is 2.84. The number of sulfonamides is 1. The minimum Gasteiger partial charge on any atom is -0.322 e. The lowest BCUT2D eigenvalue weighted by Gasteiger charge is -2.28. The summed E-state index contributed by atoms with van der Waals surface area (Å²) in [7, 11) is -3.28. The molecule has 33 heavy (non-hydrogen) atoms. The van der Waals surface area contributed by atoms with Crippen molar-refractivity contribution in [3.63, 3.8) is 0 Å². The van der Waals surface area contributed by atoms with Crippen LogP contribution in [0.1, 0.15) is 23.2 Å². The van der Waals surface area contributed by atoms with Gasteiger partial charge in [-0.05, 0) is 55.3 Å². The predicted octanol–water partition coefficient (Wildman–Crippen LogP) is 4.48. The summed E-state index contributed by atoms with van der Waals surface area (Å²) < 4.78 is 26.0. The second-order valence-electron chi connectivity index (χ2n) is 7.93. The zero-order valence-electron chi connectivity index (χ0n) is 17.8. The summed E-state index contributed by atoms with van der Waals surface area (Å²) in [6.45, 7) is 0.470. The highest BCUT2D eigenvalue weighted by Gasteiger charge is 2.26. The van der Waals surface area contributed by atoms with Crippen LogP contribution in [0.4, 0.5) is 11.4 Å². The number of carbonyl (C=O) groups is 1. The van der Waals surface area contributed by atoms with Crippen LogP contribution in [-0.4, -0.2) is 36.6 Å². The standard InChI is InChI=1S/C25H22N4O3S/c30-25(18-10-12-22(13-11-18)29-14-3-4-15-33(29,31)32)27-21-8-5-7-19(16-21)24-26-17-20-6-1-2-9-23(20)28-24/h1-2,5-13,16-17H,3-4,14-15H2,(H,27,30). The molecule has 1 aliphatic heterocycles. The molecular weight excluding hydrogens is 436 g/mol. The molecular formula is C25H22N4O3S. The first-order valence-electron chi connectivity index (χ1n) is 10.7. The van der Waals surface area contributed by atoms with Crippen LogP contribution in [-0.2, 0) is 10.0 Å². The molecule has 5 rings (SSSR count). The van der Waals surface area contributed by atoms with E-state index in [0.717, 1.165) is 22.9 Å². The van der Waals surface area contributed by atoms with Crippen LogP contribution < -0.4 is 9.62 Å². The lowest BCUT2D eigenvalue weighted by molar-refractivity contribution is 0.102. The summed E-state index contributed by atoms with van der Waals surface area (Å²) in [5.74, 6) is 0.462. The van der Waals surface area contributed by atoms with E-state index in [0.29, 0.717) is 35.7 Å². The third kappa shape index (κ3) is 4.42. The SMILES string of the molecule is O=C(Nc1cccc(-c2ncc3ccccc3n2)c1)c1ccc(N2CCCCS2(=O)=O)cc1. The lowest BCUT2D eigenvalue weighted by atomic mass is 10.1. The highest BCUT2D eigenvalue weighted by molar-refractivity contribution is 7.92. The van der Waals surface area contributed by atoms with Gasteiger partial charge in [0.2, 0.25) is 10.0 Å². The van der Waals surface area contributed by atoms with Crippen LogP contribution in [0, 0.1) is 0 Å². The van der Waals surface area contributed by atoms with E-state index in [4.69, 9.17) is 0 Å². The number of nitrogens with one attached hydrogen (secondary N) is 1. The van der Waals surface area contributed by atoms with Crippen molar-refractivity contribution in [2.75, 3.05) is 21.9 Å². The molecule has 1 amide bonds. The summed E-state index contributed by atoms with van der Waals surface area (Å²) in [5, 5.41) is 3.86. The molecule has 0 saturated carbocycles. The second-order valence-corrected chi connectivity index (χ2v) is 9.94. The molecule has 1 saturated heterocycles. The fourth-order valence-corrected chi connectivity index (χ4v) is 5.55. The highest BCUT2D eigenvalue weighted by Crippen LogP contribution is 2.25. The zero-order chi connectivity index (χ0) is 22.8. The maximum absolute atomic E-state index is 12.8. The molecule has 0 atom stereocenters. The summed E-state index contributed by atoms with van der Waals surface area (Å²) in [6.07, 6.45) is 3.30. The minimum atomic E-state index is -3.28. The molecule has 1 N–H and O–H groups in total. The topological polar surface area (TPSA) is 92.3 Å². The molecule has 0 aliphatic carbocycles. The fourth-order valence-electron chi connectivity index (χ4n) is 3.91. The smallest absolute Gasteiger partial charge is 0.255 e. The Balaban J connectivity index is 1.33. The largest absolute Gasteiger partial charge is 0.322 e. The van der Waals surface area contributed by atoms with Gasteiger partial charge in [-0.3, -0.25) is 9.10 Å². The van der Waals surface area contributed by atoms with Gasteiger partial charge in [0, 0.05) is 34.9 Å². The maximum atomic E-state index is 12.8. The van der Waals surface area contributed by atoms with E-state index in [1.54, 1.807) is 36.5 Å². The summed E-state index contributed by atoms with van der Waals surface area (Å²) >= 11 is 0. The van der Waals surface area contributed by atoms with E-state index in [2.05, 4.69) is 15.3 Å². The number of para-hydroxylation sites is 1. The van der Waals surface area contributed by atoms with Crippen molar-refractivity contribution in [1.29, 1.82) is 0 Å². The molecule has 8 heteroatoms. The van der Waals surface area contributed by atoms with Gasteiger partial charge >= 0.3 is 0 Å². The molecule has 0 spiro atoms. The number of aromatic nitrogens is 2. The van der Waals surface area contributed by atoms with E-state index < -0.39 is 10.0 Å². The molecule has 3 aromatic carbocycles. The van der Waals surface area contributed by atoms with Crippen LogP contribution >= 0.6 is 0 Å². The van der Waals surface area contributed by atoms with Crippen LogP contribution in [0.3, 0.4) is 0 Å². The number of rotatable bonds is 4. The Morgan fingerprint density at radius 3 is 2.58 bits per heavy atom. The number of benzene rings is 3. The van der Waals surface area contributed by atoms with E-state index in [-0.39, 0.29) is 11.7 Å². The fraction of sp³-hybridized carbons (Fsp3) is 0.160. The molecule has 7 nitrogen and oxygen atoms in total. The monoisotopic (exact) mass is 458 g/mol. The van der Waals surface area contributed by atoms with Gasteiger partial charge in [-0.25, -0.2) is 18.4 Å². The van der Waals surface area contributed by atoms with Crippen molar-refractivity contribution in [1.82, 2.24) is 9.97 Å². The summed E-state index contributed by atoms with van der Waals surface area (Å²) in [5.41, 5.74) is 3.30. The summed E-state index contributed by atoms with van der Waals surface area (Å²) in [4.78, 5) is 21.8. The molecule has 1 aromatic heterocycles. The van der Waals surface area contributed by atoms with Gasteiger partial charge in [0.05, 0.1) is 17.0 Å². The Morgan fingerprint density at radius 1 is 0.939 bits per heavy atom. The number of hydrogen-bond acceptors (Lipinski definition) is 5. The molecule has 166 valence electrons. The zero-order valence-corrected chi connectivity index (χ0v) is 18.6. The molecule has 0 unspecified atom stereocenters. The van der Waals surface area contributed by atoms with E-state index in [9.17, 15) is 13.2 Å². The van der Waals surface area contributed by atoms with Crippen molar-refractivity contribution in [2.24, 2.45) is 0 Å². The first kappa shape index (κ1) is 21.1. The van der Waals surface area contributed by atoms with Gasteiger partial charge in [0.1, 0.15) is 0 Å². The number of anilines is 2. The molecule has 2 heterocycles. The molecule has 0 radical (unpaired) electrons. The van der Waals surface area contributed by atoms with Crippen molar-refractivity contribution in [2.45, 2.75) is 12.8 Å². The molecule has 4 aromatic rings. The number of amides is 1. The lowest BCUT2D eigenvalue weighted by Crippen LogP contribution is -2.37. The van der Waals surface area contributed by atoms with Crippen LogP contribution in [0.2, 0.25) is 0 Å². The molecule has 1 fully saturated rings. The first-order chi connectivity index (χ1) is 16.0. The van der Waals surface area contributed by atoms with E-state index in [1.165, 1.54) is 4.31 Å². The average molecular weight is 459 g/mol. The Hall–Kier alpha value is -3.78. The number of hydrogen-bond donors (Lipinski definition) is 1. The van der Waals surface area contributed by atoms with Gasteiger partial charge in [-0.2, -0.15) is 0 Å². The van der Waals surface area contributed by atoms with Gasteiger partial charge in [-0.1, -0.05) is 30.3 Å². The number of carbonyl (C=O) groups excluding carboxylic acids is 1. The minimum absolute atomic E-state index is 0.159. The van der Waals surface area contributed by atoms with Crippen molar-refractivity contribution < 1.29 is 13.2 Å². The van der Waals surface area contributed by atoms with Crippen molar-refractivity contribution in [3.05, 3.63) is 84.6 Å². The number of nitrogens with zero attached hydrogens (tertiary/aromatic N) is 3.